The van der Waals surface area contributed by atoms with Gasteiger partial charge in [-0.25, -0.2) is 0 Å². The summed E-state index contributed by atoms with van der Waals surface area (Å²) in [6.07, 6.45) is 0.200. The second-order valence-electron chi connectivity index (χ2n) is 3.52. The summed E-state index contributed by atoms with van der Waals surface area (Å²) in [5.74, 6) is -0.0333. The summed E-state index contributed by atoms with van der Waals surface area (Å²) < 4.78 is 5.01. The van der Waals surface area contributed by atoms with E-state index in [2.05, 4.69) is 5.16 Å². The van der Waals surface area contributed by atoms with E-state index in [0.29, 0.717) is 5.69 Å². The molecule has 0 amide bonds. The standard InChI is InChI=1S/C9H14N2O3/c1-5(2)8-4-6(11-14-8)3-7(10)9(12)13/h4-5,7H,3,10H2,1-2H3,(H,12,13)/t7-/m1/s1. The minimum absolute atomic E-state index is 0.200. The number of nitrogens with two attached hydrogens (primary N) is 1. The summed E-state index contributed by atoms with van der Waals surface area (Å²) in [6, 6.07) is 0.827. The smallest absolute Gasteiger partial charge is 0.320 e. The van der Waals surface area contributed by atoms with Gasteiger partial charge in [0.2, 0.25) is 0 Å². The van der Waals surface area contributed by atoms with Gasteiger partial charge in [-0.3, -0.25) is 4.79 Å². The Morgan fingerprint density at radius 2 is 2.36 bits per heavy atom. The van der Waals surface area contributed by atoms with Crippen LogP contribution in [0, 0.1) is 0 Å². The average molecular weight is 198 g/mol. The molecule has 1 aromatic rings. The van der Waals surface area contributed by atoms with Crippen LogP contribution in [0.15, 0.2) is 10.6 Å². The topological polar surface area (TPSA) is 89.4 Å². The lowest BCUT2D eigenvalue weighted by molar-refractivity contribution is -0.138. The highest BCUT2D eigenvalue weighted by atomic mass is 16.5. The molecule has 0 unspecified atom stereocenters. The summed E-state index contributed by atoms with van der Waals surface area (Å²) in [5.41, 5.74) is 5.94. The minimum atomic E-state index is -1.03. The van der Waals surface area contributed by atoms with Gasteiger partial charge in [-0.15, -0.1) is 0 Å². The molecule has 0 saturated heterocycles. The molecule has 1 atom stereocenters. The van der Waals surface area contributed by atoms with Gasteiger partial charge in [0.25, 0.3) is 0 Å². The first kappa shape index (κ1) is 10.7. The molecular formula is C9H14N2O3. The molecule has 0 spiro atoms. The molecular weight excluding hydrogens is 184 g/mol. The van der Waals surface area contributed by atoms with Crippen molar-refractivity contribution in [1.82, 2.24) is 5.16 Å². The number of aromatic nitrogens is 1. The van der Waals surface area contributed by atoms with Gasteiger partial charge in [-0.1, -0.05) is 19.0 Å². The Morgan fingerprint density at radius 3 is 2.79 bits per heavy atom. The zero-order valence-corrected chi connectivity index (χ0v) is 8.23. The highest BCUT2D eigenvalue weighted by Gasteiger charge is 2.15. The summed E-state index contributed by atoms with van der Waals surface area (Å²) in [5, 5.41) is 12.3. The van der Waals surface area contributed by atoms with E-state index < -0.39 is 12.0 Å². The van der Waals surface area contributed by atoms with Crippen LogP contribution in [0.5, 0.6) is 0 Å². The Labute approximate surface area is 81.9 Å². The van der Waals surface area contributed by atoms with E-state index in [4.69, 9.17) is 15.4 Å². The largest absolute Gasteiger partial charge is 0.480 e. The number of hydrogen-bond acceptors (Lipinski definition) is 4. The average Bonchev–Trinajstić information content (AvgIpc) is 2.52. The maximum atomic E-state index is 10.5. The van der Waals surface area contributed by atoms with Gasteiger partial charge in [0.1, 0.15) is 11.8 Å². The molecule has 3 N–H and O–H groups in total. The molecule has 0 saturated carbocycles. The van der Waals surface area contributed by atoms with E-state index >= 15 is 0 Å². The Bertz CT molecular complexity index is 320. The van der Waals surface area contributed by atoms with E-state index in [1.165, 1.54) is 0 Å². The third kappa shape index (κ3) is 2.56. The zero-order chi connectivity index (χ0) is 10.7. The molecule has 1 rings (SSSR count). The van der Waals surface area contributed by atoms with Crippen LogP contribution in [-0.2, 0) is 11.2 Å². The fourth-order valence-corrected chi connectivity index (χ4v) is 1.01. The van der Waals surface area contributed by atoms with Gasteiger partial charge >= 0.3 is 5.97 Å². The summed E-state index contributed by atoms with van der Waals surface area (Å²) in [4.78, 5) is 10.5. The first-order valence-corrected chi connectivity index (χ1v) is 4.44. The maximum absolute atomic E-state index is 10.5. The van der Waals surface area contributed by atoms with Gasteiger partial charge in [0, 0.05) is 18.4 Å². The molecule has 0 aliphatic rings. The predicted octanol–water partition coefficient (Wildman–Crippen LogP) is 0.752. The van der Waals surface area contributed by atoms with Crippen LogP contribution in [0.1, 0.15) is 31.2 Å². The van der Waals surface area contributed by atoms with Gasteiger partial charge in [0.15, 0.2) is 0 Å². The second-order valence-corrected chi connectivity index (χ2v) is 3.52. The fourth-order valence-electron chi connectivity index (χ4n) is 1.01. The van der Waals surface area contributed by atoms with E-state index in [0.717, 1.165) is 5.76 Å². The summed E-state index contributed by atoms with van der Waals surface area (Å²) in [7, 11) is 0. The van der Waals surface area contributed by atoms with Crippen molar-refractivity contribution >= 4 is 5.97 Å². The number of nitrogens with zero attached hydrogens (tertiary/aromatic N) is 1. The van der Waals surface area contributed by atoms with Crippen LogP contribution in [0.3, 0.4) is 0 Å². The Morgan fingerprint density at radius 1 is 1.71 bits per heavy atom. The van der Waals surface area contributed by atoms with Crippen molar-refractivity contribution in [3.8, 4) is 0 Å². The molecule has 0 aliphatic carbocycles. The van der Waals surface area contributed by atoms with Crippen LogP contribution < -0.4 is 5.73 Å². The van der Waals surface area contributed by atoms with Crippen molar-refractivity contribution in [3.05, 3.63) is 17.5 Å². The molecule has 14 heavy (non-hydrogen) atoms. The van der Waals surface area contributed by atoms with Crippen molar-refractivity contribution in [3.63, 3.8) is 0 Å². The first-order chi connectivity index (χ1) is 6.50. The van der Waals surface area contributed by atoms with Crippen molar-refractivity contribution in [2.24, 2.45) is 5.73 Å². The fraction of sp³-hybridized carbons (Fsp3) is 0.556. The lowest BCUT2D eigenvalue weighted by atomic mass is 10.1. The number of carbonyl (C=O) groups is 1. The highest BCUT2D eigenvalue weighted by Crippen LogP contribution is 2.15. The van der Waals surface area contributed by atoms with Gasteiger partial charge in [0.05, 0.1) is 5.69 Å². The molecule has 5 heteroatoms. The van der Waals surface area contributed by atoms with Crippen LogP contribution in [0.4, 0.5) is 0 Å². The highest BCUT2D eigenvalue weighted by molar-refractivity contribution is 5.73. The minimum Gasteiger partial charge on any atom is -0.480 e. The van der Waals surface area contributed by atoms with Gasteiger partial charge in [-0.05, 0) is 0 Å². The third-order valence-electron chi connectivity index (χ3n) is 1.89. The van der Waals surface area contributed by atoms with Crippen LogP contribution in [0.25, 0.3) is 0 Å². The number of carboxylic acids is 1. The Balaban J connectivity index is 2.64. The summed E-state index contributed by atoms with van der Waals surface area (Å²) >= 11 is 0. The van der Waals surface area contributed by atoms with Crippen molar-refractivity contribution < 1.29 is 14.4 Å². The van der Waals surface area contributed by atoms with Crippen LogP contribution in [0.2, 0.25) is 0 Å². The molecule has 1 aromatic heterocycles. The lowest BCUT2D eigenvalue weighted by Crippen LogP contribution is -2.32. The Hall–Kier alpha value is -1.36. The SMILES string of the molecule is CC(C)c1cc(C[C@@H](N)C(=O)O)no1. The number of rotatable bonds is 4. The summed E-state index contributed by atoms with van der Waals surface area (Å²) in [6.45, 7) is 3.95. The molecule has 0 bridgehead atoms. The molecule has 5 nitrogen and oxygen atoms in total. The molecule has 78 valence electrons. The Kier molecular flexibility index (Phi) is 3.24. The zero-order valence-electron chi connectivity index (χ0n) is 8.23. The molecule has 0 fully saturated rings. The normalized spacial score (nSPS) is 13.1. The molecule has 0 aliphatic heterocycles. The third-order valence-corrected chi connectivity index (χ3v) is 1.89. The monoisotopic (exact) mass is 198 g/mol. The second kappa shape index (κ2) is 4.23. The molecule has 0 radical (unpaired) electrons. The lowest BCUT2D eigenvalue weighted by Gasteiger charge is -2.01. The van der Waals surface area contributed by atoms with E-state index in [-0.39, 0.29) is 12.3 Å². The number of aliphatic carboxylic acids is 1. The van der Waals surface area contributed by atoms with Crippen LogP contribution in [-0.4, -0.2) is 22.3 Å². The van der Waals surface area contributed by atoms with E-state index in [9.17, 15) is 4.79 Å². The van der Waals surface area contributed by atoms with Crippen molar-refractivity contribution in [1.29, 1.82) is 0 Å². The molecule has 0 aromatic carbocycles. The van der Waals surface area contributed by atoms with E-state index in [1.807, 2.05) is 13.8 Å². The van der Waals surface area contributed by atoms with E-state index in [1.54, 1.807) is 6.07 Å². The molecule has 1 heterocycles. The van der Waals surface area contributed by atoms with Crippen molar-refractivity contribution in [2.45, 2.75) is 32.2 Å². The first-order valence-electron chi connectivity index (χ1n) is 4.44. The van der Waals surface area contributed by atoms with Crippen molar-refractivity contribution in [2.75, 3.05) is 0 Å². The number of carboxylic acid groups (broad SMARTS) is 1. The van der Waals surface area contributed by atoms with Gasteiger partial charge in [-0.2, -0.15) is 0 Å². The van der Waals surface area contributed by atoms with Gasteiger partial charge < -0.3 is 15.4 Å². The predicted molar refractivity (Wildman–Crippen MR) is 49.9 cm³/mol. The number of hydrogen-bond donors (Lipinski definition) is 2. The van der Waals surface area contributed by atoms with Crippen LogP contribution >= 0.6 is 0 Å². The maximum Gasteiger partial charge on any atom is 0.320 e. The quantitative estimate of drug-likeness (QED) is 0.745.